The summed E-state index contributed by atoms with van der Waals surface area (Å²) in [5.41, 5.74) is 1.80. The van der Waals surface area contributed by atoms with E-state index in [9.17, 15) is 13.5 Å². The number of aryl methyl sites for hydroxylation is 1. The molecule has 0 saturated carbocycles. The summed E-state index contributed by atoms with van der Waals surface area (Å²) in [6.45, 7) is 4.78. The molecular formula is C21H26N2O5S. The summed E-state index contributed by atoms with van der Waals surface area (Å²) in [4.78, 5) is 2.44. The van der Waals surface area contributed by atoms with Crippen molar-refractivity contribution in [2.75, 3.05) is 39.5 Å². The number of nitrogens with zero attached hydrogens (tertiary/aromatic N) is 2. The average Bonchev–Trinajstić information content (AvgIpc) is 3.05. The van der Waals surface area contributed by atoms with Crippen LogP contribution in [-0.2, 0) is 10.0 Å². The van der Waals surface area contributed by atoms with Gasteiger partial charge in [-0.3, -0.25) is 4.90 Å². The number of hydrogen-bond acceptors (Lipinski definition) is 6. The minimum Gasteiger partial charge on any atom is -0.454 e. The highest BCUT2D eigenvalue weighted by Crippen LogP contribution is 2.34. The SMILES string of the molecule is Cc1ccc(S(=O)(=O)N2CCCN(C[C@@H](O)c3ccc4c(c3)OCO4)CC2)cc1. The van der Waals surface area contributed by atoms with Crippen LogP contribution in [0, 0.1) is 6.92 Å². The van der Waals surface area contributed by atoms with Gasteiger partial charge in [0.2, 0.25) is 16.8 Å². The number of rotatable bonds is 5. The minimum absolute atomic E-state index is 0.201. The molecule has 2 aliphatic rings. The summed E-state index contributed by atoms with van der Waals surface area (Å²) >= 11 is 0. The van der Waals surface area contributed by atoms with Gasteiger partial charge in [0.25, 0.3) is 0 Å². The van der Waals surface area contributed by atoms with E-state index in [1.54, 1.807) is 28.6 Å². The maximum absolute atomic E-state index is 12.9. The lowest BCUT2D eigenvalue weighted by Crippen LogP contribution is -2.36. The van der Waals surface area contributed by atoms with Crippen LogP contribution in [0.25, 0.3) is 0 Å². The van der Waals surface area contributed by atoms with Crippen LogP contribution in [0.2, 0.25) is 0 Å². The molecule has 7 nitrogen and oxygen atoms in total. The third-order valence-electron chi connectivity index (χ3n) is 5.42. The zero-order valence-corrected chi connectivity index (χ0v) is 17.3. The number of benzene rings is 2. The molecule has 29 heavy (non-hydrogen) atoms. The summed E-state index contributed by atoms with van der Waals surface area (Å²) < 4.78 is 38.1. The van der Waals surface area contributed by atoms with Gasteiger partial charge < -0.3 is 14.6 Å². The summed E-state index contributed by atoms with van der Waals surface area (Å²) in [5, 5.41) is 10.7. The number of fused-ring (bicyclic) bond motifs is 1. The predicted octanol–water partition coefficient (Wildman–Crippen LogP) is 2.15. The number of aliphatic hydroxyl groups excluding tert-OH is 1. The topological polar surface area (TPSA) is 79.3 Å². The fourth-order valence-electron chi connectivity index (χ4n) is 3.70. The summed E-state index contributed by atoms with van der Waals surface area (Å²) in [6.07, 6.45) is 0.0450. The van der Waals surface area contributed by atoms with Crippen molar-refractivity contribution in [3.63, 3.8) is 0 Å². The van der Waals surface area contributed by atoms with E-state index >= 15 is 0 Å². The molecule has 8 heteroatoms. The monoisotopic (exact) mass is 418 g/mol. The molecule has 156 valence electrons. The van der Waals surface area contributed by atoms with Crippen molar-refractivity contribution in [1.29, 1.82) is 0 Å². The van der Waals surface area contributed by atoms with Crippen LogP contribution in [0.5, 0.6) is 11.5 Å². The second kappa shape index (κ2) is 8.31. The van der Waals surface area contributed by atoms with Gasteiger partial charge in [0.15, 0.2) is 11.5 Å². The molecule has 4 rings (SSSR count). The molecule has 1 N–H and O–H groups in total. The summed E-state index contributed by atoms with van der Waals surface area (Å²) in [6, 6.07) is 12.4. The molecular weight excluding hydrogens is 392 g/mol. The molecule has 0 unspecified atom stereocenters. The smallest absolute Gasteiger partial charge is 0.243 e. The quantitative estimate of drug-likeness (QED) is 0.802. The van der Waals surface area contributed by atoms with Crippen molar-refractivity contribution in [1.82, 2.24) is 9.21 Å². The van der Waals surface area contributed by atoms with E-state index in [2.05, 4.69) is 4.90 Å². The lowest BCUT2D eigenvalue weighted by molar-refractivity contribution is 0.116. The molecule has 0 bridgehead atoms. The van der Waals surface area contributed by atoms with Crippen LogP contribution in [-0.4, -0.2) is 62.2 Å². The molecule has 1 saturated heterocycles. The fraction of sp³-hybridized carbons (Fsp3) is 0.429. The number of hydrogen-bond donors (Lipinski definition) is 1. The van der Waals surface area contributed by atoms with Crippen molar-refractivity contribution < 1.29 is 23.0 Å². The second-order valence-corrected chi connectivity index (χ2v) is 9.44. The standard InChI is InChI=1S/C21H26N2O5S/c1-16-3-6-18(7-4-16)29(25,26)23-10-2-9-22(11-12-23)14-19(24)17-5-8-20-21(13-17)28-15-27-20/h3-8,13,19,24H,2,9-12,14-15H2,1H3/t19-/m1/s1. The zero-order valence-electron chi connectivity index (χ0n) is 16.5. The molecule has 0 aliphatic carbocycles. The van der Waals surface area contributed by atoms with Crippen molar-refractivity contribution in [2.45, 2.75) is 24.3 Å². The average molecular weight is 419 g/mol. The van der Waals surface area contributed by atoms with Crippen molar-refractivity contribution >= 4 is 10.0 Å². The fourth-order valence-corrected chi connectivity index (χ4v) is 5.17. The number of β-amino-alcohol motifs (C(OH)–C–C–N with tert-alkyl or cyclic N) is 1. The molecule has 2 aliphatic heterocycles. The third-order valence-corrected chi connectivity index (χ3v) is 7.33. The zero-order chi connectivity index (χ0) is 20.4. The molecule has 1 fully saturated rings. The van der Waals surface area contributed by atoms with Gasteiger partial charge in [-0.1, -0.05) is 23.8 Å². The Bertz CT molecular complexity index is 962. The maximum Gasteiger partial charge on any atom is 0.243 e. The number of aliphatic hydroxyl groups is 1. The van der Waals surface area contributed by atoms with Gasteiger partial charge in [0.1, 0.15) is 0 Å². The van der Waals surface area contributed by atoms with E-state index in [0.717, 1.165) is 24.1 Å². The first-order valence-corrected chi connectivity index (χ1v) is 11.2. The Morgan fingerprint density at radius 2 is 1.76 bits per heavy atom. The molecule has 2 aromatic carbocycles. The molecule has 0 amide bonds. The summed E-state index contributed by atoms with van der Waals surface area (Å²) in [5.74, 6) is 1.33. The van der Waals surface area contributed by atoms with E-state index in [1.165, 1.54) is 0 Å². The van der Waals surface area contributed by atoms with Crippen molar-refractivity contribution in [3.05, 3.63) is 53.6 Å². The Morgan fingerprint density at radius 3 is 2.55 bits per heavy atom. The van der Waals surface area contributed by atoms with Gasteiger partial charge in [-0.05, 0) is 49.7 Å². The van der Waals surface area contributed by atoms with Gasteiger partial charge in [-0.2, -0.15) is 4.31 Å². The predicted molar refractivity (Wildman–Crippen MR) is 109 cm³/mol. The highest BCUT2D eigenvalue weighted by atomic mass is 32.2. The molecule has 2 heterocycles. The highest BCUT2D eigenvalue weighted by molar-refractivity contribution is 7.89. The Hall–Kier alpha value is -2.13. The number of ether oxygens (including phenoxy) is 2. The maximum atomic E-state index is 12.9. The van der Waals surface area contributed by atoms with E-state index in [1.807, 2.05) is 25.1 Å². The molecule has 1 atom stereocenters. The largest absolute Gasteiger partial charge is 0.454 e. The van der Waals surface area contributed by atoms with Crippen LogP contribution in [0.3, 0.4) is 0 Å². The normalized spacial score (nSPS) is 19.1. The van der Waals surface area contributed by atoms with Crippen LogP contribution in [0.4, 0.5) is 0 Å². The first-order chi connectivity index (χ1) is 13.9. The Labute approximate surface area is 171 Å². The van der Waals surface area contributed by atoms with E-state index in [-0.39, 0.29) is 6.79 Å². The van der Waals surface area contributed by atoms with Crippen molar-refractivity contribution in [2.24, 2.45) is 0 Å². The Balaban J connectivity index is 1.39. The Kier molecular flexibility index (Phi) is 5.78. The van der Waals surface area contributed by atoms with Crippen LogP contribution in [0.15, 0.2) is 47.4 Å². The molecule has 2 aromatic rings. The van der Waals surface area contributed by atoms with E-state index in [4.69, 9.17) is 9.47 Å². The molecule has 0 aromatic heterocycles. The first-order valence-electron chi connectivity index (χ1n) is 9.80. The first kappa shape index (κ1) is 20.2. The number of sulfonamides is 1. The van der Waals surface area contributed by atoms with Crippen LogP contribution < -0.4 is 9.47 Å². The minimum atomic E-state index is -3.50. The van der Waals surface area contributed by atoms with Gasteiger partial charge >= 0.3 is 0 Å². The molecule has 0 radical (unpaired) electrons. The van der Waals surface area contributed by atoms with E-state index < -0.39 is 16.1 Å². The highest BCUT2D eigenvalue weighted by Gasteiger charge is 2.27. The second-order valence-electron chi connectivity index (χ2n) is 7.50. The van der Waals surface area contributed by atoms with E-state index in [0.29, 0.717) is 42.6 Å². The van der Waals surface area contributed by atoms with Crippen molar-refractivity contribution in [3.8, 4) is 11.5 Å². The van der Waals surface area contributed by atoms with Gasteiger partial charge in [-0.15, -0.1) is 0 Å². The van der Waals surface area contributed by atoms with Crippen LogP contribution in [0.1, 0.15) is 23.7 Å². The lowest BCUT2D eigenvalue weighted by atomic mass is 10.1. The van der Waals surface area contributed by atoms with Gasteiger partial charge in [0, 0.05) is 26.2 Å². The van der Waals surface area contributed by atoms with Gasteiger partial charge in [0.05, 0.1) is 11.0 Å². The van der Waals surface area contributed by atoms with Crippen LogP contribution >= 0.6 is 0 Å². The Morgan fingerprint density at radius 1 is 1.00 bits per heavy atom. The third kappa shape index (κ3) is 4.40. The van der Waals surface area contributed by atoms with Gasteiger partial charge in [-0.25, -0.2) is 8.42 Å². The lowest BCUT2D eigenvalue weighted by Gasteiger charge is -2.24. The molecule has 0 spiro atoms. The summed E-state index contributed by atoms with van der Waals surface area (Å²) in [7, 11) is -3.50.